The SMILES string of the molecule is COc1ccc(/C(=C/c2ccc3ccccc3c2-c2c(/C=C(\c3ccc(O)cc3)c3ccc(OC)cc3)ccc3ccccc23)c2ccc(O)cc2)cc1. The van der Waals surface area contributed by atoms with Crippen LogP contribution in [0.4, 0.5) is 0 Å². The summed E-state index contributed by atoms with van der Waals surface area (Å²) in [5.41, 5.74) is 10.3. The Bertz CT molecular complexity index is 2460. The van der Waals surface area contributed by atoms with Gasteiger partial charge in [-0.3, -0.25) is 0 Å². The minimum Gasteiger partial charge on any atom is -0.508 e. The van der Waals surface area contributed by atoms with Crippen LogP contribution in [0.3, 0.4) is 0 Å². The number of phenolic OH excluding ortho intramolecular Hbond substituents is 2. The summed E-state index contributed by atoms with van der Waals surface area (Å²) in [4.78, 5) is 0. The Morgan fingerprint density at radius 1 is 0.389 bits per heavy atom. The second-order valence-corrected chi connectivity index (χ2v) is 13.2. The van der Waals surface area contributed by atoms with E-state index in [0.717, 1.165) is 88.7 Å². The van der Waals surface area contributed by atoms with Gasteiger partial charge >= 0.3 is 0 Å². The highest BCUT2D eigenvalue weighted by atomic mass is 16.5. The Morgan fingerprint density at radius 3 is 1.07 bits per heavy atom. The van der Waals surface area contributed by atoms with Crippen LogP contribution < -0.4 is 9.47 Å². The molecule has 54 heavy (non-hydrogen) atoms. The third-order valence-electron chi connectivity index (χ3n) is 9.93. The highest BCUT2D eigenvalue weighted by Gasteiger charge is 2.18. The van der Waals surface area contributed by atoms with E-state index in [4.69, 9.17) is 9.47 Å². The maximum absolute atomic E-state index is 10.2. The predicted octanol–water partition coefficient (Wildman–Crippen LogP) is 12.3. The fraction of sp³-hybridized carbons (Fsp3) is 0.0400. The summed E-state index contributed by atoms with van der Waals surface area (Å²) in [6, 6.07) is 56.8. The van der Waals surface area contributed by atoms with Crippen LogP contribution >= 0.6 is 0 Å². The maximum atomic E-state index is 10.2. The van der Waals surface area contributed by atoms with E-state index < -0.39 is 0 Å². The predicted molar refractivity (Wildman–Crippen MR) is 223 cm³/mol. The average molecular weight is 703 g/mol. The Hall–Kier alpha value is -7.04. The number of fused-ring (bicyclic) bond motifs is 2. The van der Waals surface area contributed by atoms with E-state index in [-0.39, 0.29) is 11.5 Å². The van der Waals surface area contributed by atoms with Crippen molar-refractivity contribution in [3.63, 3.8) is 0 Å². The number of rotatable bonds is 9. The van der Waals surface area contributed by atoms with Crippen LogP contribution in [-0.2, 0) is 0 Å². The number of hydrogen-bond acceptors (Lipinski definition) is 4. The molecule has 0 unspecified atom stereocenters. The molecule has 0 bridgehead atoms. The summed E-state index contributed by atoms with van der Waals surface area (Å²) in [5.74, 6) is 1.99. The van der Waals surface area contributed by atoms with Gasteiger partial charge in [-0.25, -0.2) is 0 Å². The third-order valence-corrected chi connectivity index (χ3v) is 9.93. The van der Waals surface area contributed by atoms with Gasteiger partial charge in [-0.1, -0.05) is 121 Å². The molecule has 8 rings (SSSR count). The van der Waals surface area contributed by atoms with Crippen molar-refractivity contribution < 1.29 is 19.7 Å². The molecule has 0 radical (unpaired) electrons. The molecular formula is C50H38O4. The Balaban J connectivity index is 1.45. The van der Waals surface area contributed by atoms with E-state index in [1.165, 1.54) is 0 Å². The van der Waals surface area contributed by atoms with Crippen molar-refractivity contribution in [2.75, 3.05) is 14.2 Å². The summed E-state index contributed by atoms with van der Waals surface area (Å²) >= 11 is 0. The van der Waals surface area contributed by atoms with E-state index in [1.54, 1.807) is 38.5 Å². The highest BCUT2D eigenvalue weighted by molar-refractivity contribution is 6.13. The molecule has 0 spiro atoms. The number of benzene rings is 8. The second-order valence-electron chi connectivity index (χ2n) is 13.2. The fourth-order valence-electron chi connectivity index (χ4n) is 7.18. The number of ether oxygens (including phenoxy) is 2. The van der Waals surface area contributed by atoms with E-state index in [2.05, 4.69) is 109 Å². The van der Waals surface area contributed by atoms with Crippen molar-refractivity contribution in [3.05, 3.63) is 203 Å². The molecule has 8 aromatic carbocycles. The summed E-state index contributed by atoms with van der Waals surface area (Å²) < 4.78 is 11.0. The second kappa shape index (κ2) is 14.9. The molecule has 262 valence electrons. The number of phenols is 2. The smallest absolute Gasteiger partial charge is 0.118 e. The first-order chi connectivity index (χ1) is 26.5. The van der Waals surface area contributed by atoms with Gasteiger partial charge in [0.15, 0.2) is 0 Å². The lowest BCUT2D eigenvalue weighted by atomic mass is 9.84. The van der Waals surface area contributed by atoms with Crippen LogP contribution in [0.1, 0.15) is 33.4 Å². The first kappa shape index (κ1) is 34.1. The first-order valence-corrected chi connectivity index (χ1v) is 17.8. The lowest BCUT2D eigenvalue weighted by Gasteiger charge is -2.19. The summed E-state index contributed by atoms with van der Waals surface area (Å²) in [5, 5.41) is 25.0. The molecule has 0 amide bonds. The average Bonchev–Trinajstić information content (AvgIpc) is 3.22. The zero-order valence-electron chi connectivity index (χ0n) is 30.0. The van der Waals surface area contributed by atoms with Crippen molar-refractivity contribution in [1.29, 1.82) is 0 Å². The van der Waals surface area contributed by atoms with Gasteiger partial charge in [0.1, 0.15) is 23.0 Å². The molecule has 8 aromatic rings. The van der Waals surface area contributed by atoms with Gasteiger partial charge in [0.25, 0.3) is 0 Å². The van der Waals surface area contributed by atoms with Crippen LogP contribution in [0.2, 0.25) is 0 Å². The molecule has 0 saturated carbocycles. The molecule has 0 aromatic heterocycles. The standard InChI is InChI=1S/C50H38O4/c1-53-43-27-19-37(20-28-43)47(35-15-23-41(51)24-16-35)31-39-13-11-33-7-3-5-9-45(33)49(39)50-40(14-12-34-8-4-6-10-46(34)50)32-48(36-17-25-42(52)26-18-36)38-21-29-44(54-2)30-22-38/h3-32,51-52H,1-2H3/b47-31+,48-32+. The van der Waals surface area contributed by atoms with Gasteiger partial charge in [0.05, 0.1) is 14.2 Å². The molecule has 0 fully saturated rings. The summed E-state index contributed by atoms with van der Waals surface area (Å²) in [7, 11) is 3.34. The van der Waals surface area contributed by atoms with Crippen LogP contribution in [0.25, 0.3) is 56.0 Å². The first-order valence-electron chi connectivity index (χ1n) is 17.8. The van der Waals surface area contributed by atoms with Crippen LogP contribution in [0.15, 0.2) is 170 Å². The molecule has 0 aliphatic carbocycles. The monoisotopic (exact) mass is 702 g/mol. The van der Waals surface area contributed by atoms with E-state index in [9.17, 15) is 10.2 Å². The lowest BCUT2D eigenvalue weighted by Crippen LogP contribution is -1.95. The van der Waals surface area contributed by atoms with E-state index in [1.807, 2.05) is 48.5 Å². The highest BCUT2D eigenvalue weighted by Crippen LogP contribution is 2.43. The fourth-order valence-corrected chi connectivity index (χ4v) is 7.18. The number of aromatic hydroxyl groups is 2. The summed E-state index contributed by atoms with van der Waals surface area (Å²) in [6.07, 6.45) is 4.52. The number of methoxy groups -OCH3 is 2. The summed E-state index contributed by atoms with van der Waals surface area (Å²) in [6.45, 7) is 0. The number of hydrogen-bond donors (Lipinski definition) is 2. The van der Waals surface area contributed by atoms with Crippen LogP contribution in [0.5, 0.6) is 23.0 Å². The quantitative estimate of drug-likeness (QED) is 0.147. The largest absolute Gasteiger partial charge is 0.508 e. The molecule has 0 saturated heterocycles. The molecule has 0 aliphatic rings. The molecule has 4 heteroatoms. The molecule has 0 heterocycles. The van der Waals surface area contributed by atoms with E-state index >= 15 is 0 Å². The minimum atomic E-state index is 0.215. The Morgan fingerprint density at radius 2 is 0.722 bits per heavy atom. The molecular weight excluding hydrogens is 665 g/mol. The van der Waals surface area contributed by atoms with Crippen molar-refractivity contribution in [3.8, 4) is 34.1 Å². The Labute approximate surface area is 315 Å². The molecule has 2 N–H and O–H groups in total. The van der Waals surface area contributed by atoms with E-state index in [0.29, 0.717) is 0 Å². The maximum Gasteiger partial charge on any atom is 0.118 e. The third kappa shape index (κ3) is 6.81. The van der Waals surface area contributed by atoms with Gasteiger partial charge in [-0.05, 0) is 138 Å². The van der Waals surface area contributed by atoms with Crippen LogP contribution in [-0.4, -0.2) is 24.4 Å². The topological polar surface area (TPSA) is 58.9 Å². The van der Waals surface area contributed by atoms with Crippen molar-refractivity contribution >= 4 is 44.8 Å². The van der Waals surface area contributed by atoms with Gasteiger partial charge in [0, 0.05) is 0 Å². The van der Waals surface area contributed by atoms with Crippen molar-refractivity contribution in [1.82, 2.24) is 0 Å². The molecule has 0 aliphatic heterocycles. The zero-order valence-corrected chi connectivity index (χ0v) is 30.0. The molecule has 0 atom stereocenters. The van der Waals surface area contributed by atoms with Gasteiger partial charge in [0.2, 0.25) is 0 Å². The Kier molecular flexibility index (Phi) is 9.40. The van der Waals surface area contributed by atoms with Gasteiger partial charge in [-0.2, -0.15) is 0 Å². The van der Waals surface area contributed by atoms with Crippen LogP contribution in [0, 0.1) is 0 Å². The zero-order chi connectivity index (χ0) is 37.0. The van der Waals surface area contributed by atoms with Crippen molar-refractivity contribution in [2.45, 2.75) is 0 Å². The van der Waals surface area contributed by atoms with Gasteiger partial charge < -0.3 is 19.7 Å². The van der Waals surface area contributed by atoms with Crippen molar-refractivity contribution in [2.24, 2.45) is 0 Å². The lowest BCUT2D eigenvalue weighted by molar-refractivity contribution is 0.414. The minimum absolute atomic E-state index is 0.215. The normalized spacial score (nSPS) is 11.9. The van der Waals surface area contributed by atoms with Gasteiger partial charge in [-0.15, -0.1) is 0 Å². The molecule has 4 nitrogen and oxygen atoms in total.